The molecule has 1 amide bonds. The summed E-state index contributed by atoms with van der Waals surface area (Å²) in [6.07, 6.45) is 3.99. The number of carbonyl (C=O) groups excluding carboxylic acids is 1. The lowest BCUT2D eigenvalue weighted by molar-refractivity contribution is -0.134. The second kappa shape index (κ2) is 6.88. The minimum atomic E-state index is -0.382. The molecule has 130 valence electrons. The first-order chi connectivity index (χ1) is 11.5. The van der Waals surface area contributed by atoms with Crippen LogP contribution in [-0.4, -0.2) is 44.0 Å². The highest BCUT2D eigenvalue weighted by Crippen LogP contribution is 2.21. The van der Waals surface area contributed by atoms with Gasteiger partial charge < -0.3 is 10.2 Å². The Labute approximate surface area is 144 Å². The number of carbonyl (C=O) groups is 1. The van der Waals surface area contributed by atoms with Crippen LogP contribution in [-0.2, 0) is 11.2 Å². The second-order valence-corrected chi connectivity index (χ2v) is 7.24. The van der Waals surface area contributed by atoms with E-state index in [1.165, 1.54) is 28.3 Å². The van der Waals surface area contributed by atoms with Crippen molar-refractivity contribution in [1.82, 2.24) is 19.5 Å². The van der Waals surface area contributed by atoms with E-state index in [0.29, 0.717) is 16.5 Å². The van der Waals surface area contributed by atoms with Gasteiger partial charge in [0.25, 0.3) is 5.56 Å². The van der Waals surface area contributed by atoms with Gasteiger partial charge in [-0.1, -0.05) is 18.3 Å². The third kappa shape index (κ3) is 3.28. The van der Waals surface area contributed by atoms with E-state index in [1.807, 2.05) is 18.7 Å². The van der Waals surface area contributed by atoms with Gasteiger partial charge in [-0.15, -0.1) is 5.10 Å². The molecule has 24 heavy (non-hydrogen) atoms. The summed E-state index contributed by atoms with van der Waals surface area (Å²) in [6.45, 7) is 6.70. The van der Waals surface area contributed by atoms with Gasteiger partial charge in [-0.05, 0) is 39.5 Å². The van der Waals surface area contributed by atoms with Crippen LogP contribution in [0.4, 0.5) is 5.13 Å². The van der Waals surface area contributed by atoms with Crippen LogP contribution in [0.1, 0.15) is 45.7 Å². The summed E-state index contributed by atoms with van der Waals surface area (Å²) in [5.74, 6) is 0.0796. The first-order valence-electron chi connectivity index (χ1n) is 8.46. The Balaban J connectivity index is 1.77. The van der Waals surface area contributed by atoms with Crippen LogP contribution < -0.4 is 10.9 Å². The lowest BCUT2D eigenvalue weighted by Gasteiger charge is -2.35. The molecule has 0 spiro atoms. The van der Waals surface area contributed by atoms with Crippen LogP contribution >= 0.6 is 11.3 Å². The van der Waals surface area contributed by atoms with Gasteiger partial charge in [0.2, 0.25) is 16.0 Å². The van der Waals surface area contributed by atoms with Crippen LogP contribution in [0.25, 0.3) is 4.96 Å². The third-order valence-electron chi connectivity index (χ3n) is 4.46. The van der Waals surface area contributed by atoms with E-state index < -0.39 is 0 Å². The molecule has 0 aromatic carbocycles. The number of likely N-dealkylation sites (tertiary alicyclic amines) is 1. The zero-order valence-electron chi connectivity index (χ0n) is 14.3. The Hall–Kier alpha value is -1.96. The molecule has 0 aliphatic carbocycles. The highest BCUT2D eigenvalue weighted by atomic mass is 32.1. The van der Waals surface area contributed by atoms with Gasteiger partial charge >= 0.3 is 0 Å². The molecule has 7 nitrogen and oxygen atoms in total. The molecule has 2 aromatic heterocycles. The van der Waals surface area contributed by atoms with Crippen molar-refractivity contribution >= 4 is 27.3 Å². The molecule has 1 saturated heterocycles. The lowest BCUT2D eigenvalue weighted by Crippen LogP contribution is -2.48. The van der Waals surface area contributed by atoms with Crippen LogP contribution in [0, 0.1) is 0 Å². The molecule has 1 fully saturated rings. The van der Waals surface area contributed by atoms with E-state index in [1.54, 1.807) is 0 Å². The molecular weight excluding hydrogens is 326 g/mol. The van der Waals surface area contributed by atoms with E-state index in [2.05, 4.69) is 22.3 Å². The van der Waals surface area contributed by atoms with Crippen LogP contribution in [0.5, 0.6) is 0 Å². The molecule has 3 rings (SSSR count). The molecule has 2 atom stereocenters. The van der Waals surface area contributed by atoms with Gasteiger partial charge in [-0.3, -0.25) is 9.59 Å². The molecule has 2 aromatic rings. The first kappa shape index (κ1) is 16.9. The fourth-order valence-corrected chi connectivity index (χ4v) is 3.93. The summed E-state index contributed by atoms with van der Waals surface area (Å²) in [5.41, 5.74) is 0.561. The summed E-state index contributed by atoms with van der Waals surface area (Å²) in [4.78, 5) is 31.6. The molecule has 0 saturated carbocycles. The molecular formula is C16H23N5O2S. The minimum absolute atomic E-state index is 0.0796. The van der Waals surface area contributed by atoms with Gasteiger partial charge in [-0.2, -0.15) is 4.52 Å². The zero-order chi connectivity index (χ0) is 17.3. The molecule has 3 heterocycles. The number of rotatable bonds is 4. The number of piperidine rings is 1. The minimum Gasteiger partial charge on any atom is -0.349 e. The molecule has 0 bridgehead atoms. The molecule has 1 aliphatic rings. The van der Waals surface area contributed by atoms with Gasteiger partial charge in [0.1, 0.15) is 6.04 Å². The number of fused-ring (bicyclic) bond motifs is 1. The normalized spacial score (nSPS) is 19.5. The van der Waals surface area contributed by atoms with E-state index in [-0.39, 0.29) is 23.6 Å². The number of nitrogens with zero attached hydrogens (tertiary/aromatic N) is 4. The van der Waals surface area contributed by atoms with Crippen molar-refractivity contribution in [3.63, 3.8) is 0 Å². The lowest BCUT2D eigenvalue weighted by atomic mass is 10.0. The van der Waals surface area contributed by atoms with Crippen molar-refractivity contribution in [2.45, 2.75) is 58.5 Å². The summed E-state index contributed by atoms with van der Waals surface area (Å²) in [7, 11) is 0. The van der Waals surface area contributed by atoms with Crippen LogP contribution in [0.2, 0.25) is 0 Å². The highest BCUT2D eigenvalue weighted by molar-refractivity contribution is 7.20. The van der Waals surface area contributed by atoms with Crippen LogP contribution in [0.3, 0.4) is 0 Å². The Morgan fingerprint density at radius 2 is 2.29 bits per heavy atom. The molecule has 2 unspecified atom stereocenters. The maximum atomic E-state index is 12.7. The zero-order valence-corrected chi connectivity index (χ0v) is 15.1. The van der Waals surface area contributed by atoms with E-state index in [4.69, 9.17) is 0 Å². The Bertz CT molecular complexity index is 799. The first-order valence-corrected chi connectivity index (χ1v) is 9.28. The van der Waals surface area contributed by atoms with Crippen LogP contribution in [0.15, 0.2) is 10.9 Å². The van der Waals surface area contributed by atoms with E-state index >= 15 is 0 Å². The fraction of sp³-hybridized carbons (Fsp3) is 0.625. The largest absolute Gasteiger partial charge is 0.349 e. The van der Waals surface area contributed by atoms with Crippen molar-refractivity contribution < 1.29 is 4.79 Å². The smallest absolute Gasteiger partial charge is 0.275 e. The van der Waals surface area contributed by atoms with Crippen molar-refractivity contribution in [3.8, 4) is 0 Å². The van der Waals surface area contributed by atoms with Crippen molar-refractivity contribution in [3.05, 3.63) is 22.1 Å². The molecule has 1 N–H and O–H groups in total. The summed E-state index contributed by atoms with van der Waals surface area (Å²) in [6, 6.07) is 1.40. The monoisotopic (exact) mass is 349 g/mol. The number of nitrogens with one attached hydrogen (secondary N) is 1. The van der Waals surface area contributed by atoms with Gasteiger partial charge in [0, 0.05) is 24.3 Å². The van der Waals surface area contributed by atoms with Crippen molar-refractivity contribution in [1.29, 1.82) is 0 Å². The van der Waals surface area contributed by atoms with E-state index in [0.717, 1.165) is 25.1 Å². The Morgan fingerprint density at radius 1 is 1.50 bits per heavy atom. The SMILES string of the molecule is CCc1cc(=O)n2nc(NC(C)C(=O)N3CCCCC3C)sc2n1. The predicted molar refractivity (Wildman–Crippen MR) is 94.6 cm³/mol. The molecule has 0 radical (unpaired) electrons. The number of amides is 1. The molecule has 1 aliphatic heterocycles. The summed E-state index contributed by atoms with van der Waals surface area (Å²) < 4.78 is 1.28. The van der Waals surface area contributed by atoms with Gasteiger partial charge in [0.05, 0.1) is 0 Å². The molecule has 8 heteroatoms. The summed E-state index contributed by atoms with van der Waals surface area (Å²) >= 11 is 1.29. The van der Waals surface area contributed by atoms with Gasteiger partial charge in [0.15, 0.2) is 0 Å². The Kier molecular flexibility index (Phi) is 4.84. The Morgan fingerprint density at radius 3 is 3.00 bits per heavy atom. The maximum Gasteiger partial charge on any atom is 0.275 e. The standard InChI is InChI=1S/C16H23N5O2S/c1-4-12-9-13(22)21-16(18-12)24-15(19-21)17-11(3)14(23)20-8-6-5-7-10(20)2/h9-11H,4-8H2,1-3H3,(H,17,19). The average Bonchev–Trinajstić information content (AvgIpc) is 2.97. The number of aryl methyl sites for hydroxylation is 1. The number of anilines is 1. The summed E-state index contributed by atoms with van der Waals surface area (Å²) in [5, 5.41) is 7.92. The second-order valence-electron chi connectivity index (χ2n) is 6.28. The predicted octanol–water partition coefficient (Wildman–Crippen LogP) is 1.91. The average molecular weight is 349 g/mol. The van der Waals surface area contributed by atoms with Crippen molar-refractivity contribution in [2.24, 2.45) is 0 Å². The highest BCUT2D eigenvalue weighted by Gasteiger charge is 2.27. The third-order valence-corrected chi connectivity index (χ3v) is 5.30. The topological polar surface area (TPSA) is 79.6 Å². The number of hydrogen-bond acceptors (Lipinski definition) is 6. The van der Waals surface area contributed by atoms with E-state index in [9.17, 15) is 9.59 Å². The number of hydrogen-bond donors (Lipinski definition) is 1. The fourth-order valence-electron chi connectivity index (χ4n) is 3.02. The van der Waals surface area contributed by atoms with Gasteiger partial charge in [-0.25, -0.2) is 4.98 Å². The quantitative estimate of drug-likeness (QED) is 0.912. The maximum absolute atomic E-state index is 12.7. The number of aromatic nitrogens is 3. The van der Waals surface area contributed by atoms with Crippen molar-refractivity contribution in [2.75, 3.05) is 11.9 Å².